The van der Waals surface area contributed by atoms with Gasteiger partial charge in [-0.25, -0.2) is 15.0 Å². The third kappa shape index (κ3) is 1.98. The van der Waals surface area contributed by atoms with Gasteiger partial charge in [-0.1, -0.05) is 6.92 Å². The average Bonchev–Trinajstić information content (AvgIpc) is 2.01. The van der Waals surface area contributed by atoms with E-state index in [0.29, 0.717) is 5.82 Å². The van der Waals surface area contributed by atoms with E-state index in [1.54, 1.807) is 0 Å². The molecule has 12 heavy (non-hydrogen) atoms. The van der Waals surface area contributed by atoms with Gasteiger partial charge >= 0.3 is 0 Å². The number of aromatic nitrogens is 3. The highest BCUT2D eigenvalue weighted by Crippen LogP contribution is 2.07. The van der Waals surface area contributed by atoms with E-state index in [4.69, 9.17) is 5.73 Å². The Morgan fingerprint density at radius 2 is 1.67 bits per heavy atom. The first-order chi connectivity index (χ1) is 5.63. The molecule has 0 spiro atoms. The van der Waals surface area contributed by atoms with Crippen molar-refractivity contribution in [2.75, 3.05) is 0 Å². The van der Waals surface area contributed by atoms with Crippen molar-refractivity contribution in [2.24, 2.45) is 5.73 Å². The molecule has 0 fully saturated rings. The zero-order valence-corrected chi connectivity index (χ0v) is 7.70. The molecule has 0 aliphatic rings. The molecule has 2 N–H and O–H groups in total. The van der Waals surface area contributed by atoms with Gasteiger partial charge in [-0.05, 0) is 20.3 Å². The predicted molar refractivity (Wildman–Crippen MR) is 46.5 cm³/mol. The van der Waals surface area contributed by atoms with E-state index in [9.17, 15) is 0 Å². The minimum atomic E-state index is -0.0644. The van der Waals surface area contributed by atoms with Gasteiger partial charge in [-0.15, -0.1) is 0 Å². The molecule has 1 aromatic rings. The van der Waals surface area contributed by atoms with Gasteiger partial charge in [-0.2, -0.15) is 0 Å². The summed E-state index contributed by atoms with van der Waals surface area (Å²) in [6.07, 6.45) is 0.850. The molecule has 0 saturated heterocycles. The third-order valence-corrected chi connectivity index (χ3v) is 1.65. The van der Waals surface area contributed by atoms with Crippen LogP contribution in [-0.4, -0.2) is 15.0 Å². The first kappa shape index (κ1) is 9.06. The van der Waals surface area contributed by atoms with Crippen LogP contribution in [0.15, 0.2) is 0 Å². The summed E-state index contributed by atoms with van der Waals surface area (Å²) >= 11 is 0. The summed E-state index contributed by atoms with van der Waals surface area (Å²) in [5.74, 6) is 2.17. The molecule has 1 atom stereocenters. The molecule has 1 aromatic heterocycles. The maximum Gasteiger partial charge on any atom is 0.149 e. The minimum Gasteiger partial charge on any atom is -0.321 e. The Labute approximate surface area is 72.3 Å². The zero-order valence-electron chi connectivity index (χ0n) is 7.70. The number of aryl methyl sites for hydroxylation is 2. The van der Waals surface area contributed by atoms with Gasteiger partial charge in [0.1, 0.15) is 17.5 Å². The largest absolute Gasteiger partial charge is 0.321 e. The zero-order chi connectivity index (χ0) is 9.14. The Kier molecular flexibility index (Phi) is 2.70. The van der Waals surface area contributed by atoms with Crippen LogP contribution in [-0.2, 0) is 0 Å². The molecule has 66 valence electrons. The summed E-state index contributed by atoms with van der Waals surface area (Å²) in [5.41, 5.74) is 5.78. The Morgan fingerprint density at radius 1 is 1.17 bits per heavy atom. The van der Waals surface area contributed by atoms with E-state index < -0.39 is 0 Å². The second-order valence-electron chi connectivity index (χ2n) is 2.80. The summed E-state index contributed by atoms with van der Waals surface area (Å²) in [6, 6.07) is -0.0644. The van der Waals surface area contributed by atoms with E-state index >= 15 is 0 Å². The molecule has 0 amide bonds. The van der Waals surface area contributed by atoms with Gasteiger partial charge in [0.15, 0.2) is 0 Å². The molecule has 4 nitrogen and oxygen atoms in total. The maximum atomic E-state index is 5.78. The van der Waals surface area contributed by atoms with E-state index in [1.807, 2.05) is 20.8 Å². The van der Waals surface area contributed by atoms with Crippen molar-refractivity contribution < 1.29 is 0 Å². The molecule has 0 bridgehead atoms. The Hall–Kier alpha value is -1.03. The van der Waals surface area contributed by atoms with Crippen LogP contribution in [0.25, 0.3) is 0 Å². The molecule has 0 saturated carbocycles. The van der Waals surface area contributed by atoms with E-state index in [2.05, 4.69) is 15.0 Å². The summed E-state index contributed by atoms with van der Waals surface area (Å²) in [7, 11) is 0. The Bertz CT molecular complexity index is 252. The standard InChI is InChI=1S/C8H14N4/c1-4-7(9)8-11-5(2)10-6(3)12-8/h7H,4,9H2,1-3H3. The highest BCUT2D eigenvalue weighted by Gasteiger charge is 2.07. The van der Waals surface area contributed by atoms with Crippen molar-refractivity contribution in [3.63, 3.8) is 0 Å². The smallest absolute Gasteiger partial charge is 0.149 e. The average molecular weight is 166 g/mol. The third-order valence-electron chi connectivity index (χ3n) is 1.65. The topological polar surface area (TPSA) is 64.7 Å². The first-order valence-corrected chi connectivity index (χ1v) is 4.08. The van der Waals surface area contributed by atoms with Crippen LogP contribution in [0.5, 0.6) is 0 Å². The lowest BCUT2D eigenvalue weighted by Crippen LogP contribution is -2.15. The van der Waals surface area contributed by atoms with Gasteiger partial charge in [0.25, 0.3) is 0 Å². The van der Waals surface area contributed by atoms with E-state index in [1.165, 1.54) is 0 Å². The van der Waals surface area contributed by atoms with Crippen molar-refractivity contribution >= 4 is 0 Å². The fraction of sp³-hybridized carbons (Fsp3) is 0.625. The molecular weight excluding hydrogens is 152 g/mol. The first-order valence-electron chi connectivity index (χ1n) is 4.08. The molecule has 1 rings (SSSR count). The van der Waals surface area contributed by atoms with Crippen molar-refractivity contribution in [1.82, 2.24) is 15.0 Å². The number of nitrogens with zero attached hydrogens (tertiary/aromatic N) is 3. The van der Waals surface area contributed by atoms with Crippen molar-refractivity contribution in [3.8, 4) is 0 Å². The normalized spacial score (nSPS) is 13.0. The highest BCUT2D eigenvalue weighted by atomic mass is 15.0. The van der Waals surface area contributed by atoms with Crippen LogP contribution in [0.1, 0.15) is 36.9 Å². The van der Waals surface area contributed by atoms with Crippen molar-refractivity contribution in [3.05, 3.63) is 17.5 Å². The molecule has 1 unspecified atom stereocenters. The lowest BCUT2D eigenvalue weighted by atomic mass is 10.2. The van der Waals surface area contributed by atoms with Crippen LogP contribution in [0.2, 0.25) is 0 Å². The molecule has 0 radical (unpaired) electrons. The molecule has 0 aliphatic carbocycles. The molecule has 1 heterocycles. The quantitative estimate of drug-likeness (QED) is 0.708. The molecule has 0 aromatic carbocycles. The highest BCUT2D eigenvalue weighted by molar-refractivity contribution is 4.98. The van der Waals surface area contributed by atoms with Crippen LogP contribution < -0.4 is 5.73 Å². The number of hydrogen-bond acceptors (Lipinski definition) is 4. The van der Waals surface area contributed by atoms with Crippen LogP contribution >= 0.6 is 0 Å². The number of rotatable bonds is 2. The van der Waals surface area contributed by atoms with Gasteiger partial charge in [0.2, 0.25) is 0 Å². The second-order valence-corrected chi connectivity index (χ2v) is 2.80. The van der Waals surface area contributed by atoms with E-state index in [0.717, 1.165) is 18.1 Å². The maximum absolute atomic E-state index is 5.78. The number of nitrogens with two attached hydrogens (primary N) is 1. The summed E-state index contributed by atoms with van der Waals surface area (Å²) in [4.78, 5) is 12.4. The lowest BCUT2D eigenvalue weighted by molar-refractivity contribution is 0.632. The molecule has 0 aliphatic heterocycles. The van der Waals surface area contributed by atoms with Gasteiger partial charge in [-0.3, -0.25) is 0 Å². The van der Waals surface area contributed by atoms with Gasteiger partial charge in [0.05, 0.1) is 6.04 Å². The summed E-state index contributed by atoms with van der Waals surface area (Å²) in [6.45, 7) is 5.71. The molecular formula is C8H14N4. The van der Waals surface area contributed by atoms with Gasteiger partial charge in [0, 0.05) is 0 Å². The van der Waals surface area contributed by atoms with Crippen LogP contribution in [0, 0.1) is 13.8 Å². The van der Waals surface area contributed by atoms with Crippen molar-refractivity contribution in [2.45, 2.75) is 33.2 Å². The van der Waals surface area contributed by atoms with Gasteiger partial charge < -0.3 is 5.73 Å². The minimum absolute atomic E-state index is 0.0644. The SMILES string of the molecule is CCC(N)c1nc(C)nc(C)n1. The fourth-order valence-corrected chi connectivity index (χ4v) is 0.989. The van der Waals surface area contributed by atoms with Crippen molar-refractivity contribution in [1.29, 1.82) is 0 Å². The predicted octanol–water partition coefficient (Wildman–Crippen LogP) is 0.898. The van der Waals surface area contributed by atoms with Crippen LogP contribution in [0.4, 0.5) is 0 Å². The number of hydrogen-bond donors (Lipinski definition) is 1. The Balaban J connectivity index is 3.00. The fourth-order valence-electron chi connectivity index (χ4n) is 0.989. The monoisotopic (exact) mass is 166 g/mol. The Morgan fingerprint density at radius 3 is 2.08 bits per heavy atom. The van der Waals surface area contributed by atoms with E-state index in [-0.39, 0.29) is 6.04 Å². The van der Waals surface area contributed by atoms with Crippen LogP contribution in [0.3, 0.4) is 0 Å². The molecule has 4 heteroatoms. The summed E-state index contributed by atoms with van der Waals surface area (Å²) in [5, 5.41) is 0. The lowest BCUT2D eigenvalue weighted by Gasteiger charge is -2.07. The summed E-state index contributed by atoms with van der Waals surface area (Å²) < 4.78 is 0. The second kappa shape index (κ2) is 3.58.